The van der Waals surface area contributed by atoms with Gasteiger partial charge in [-0.1, -0.05) is 34.1 Å². The molecule has 4 aliphatic carbocycles. The van der Waals surface area contributed by atoms with Crippen LogP contribution in [0.2, 0.25) is 0 Å². The second-order valence-electron chi connectivity index (χ2n) is 14.0. The normalized spacial score (nSPS) is 41.8. The molecule has 2 N–H and O–H groups in total. The maximum Gasteiger partial charge on any atom is 0.321 e. The molecule has 8 nitrogen and oxygen atoms in total. The molecule has 4 fully saturated rings. The van der Waals surface area contributed by atoms with Crippen LogP contribution in [0.25, 0.3) is 0 Å². The molecule has 0 saturated heterocycles. The number of aliphatic hydroxyl groups is 2. The molecule has 0 spiro atoms. The van der Waals surface area contributed by atoms with Gasteiger partial charge in [0.15, 0.2) is 9.84 Å². The van der Waals surface area contributed by atoms with Gasteiger partial charge in [-0.05, 0) is 104 Å². The summed E-state index contributed by atoms with van der Waals surface area (Å²) in [6.45, 7) is 9.48. The first kappa shape index (κ1) is 31.7. The molecule has 40 heavy (non-hydrogen) atoms. The van der Waals surface area contributed by atoms with E-state index in [2.05, 4.69) is 32.4 Å². The molecule has 0 aromatic carbocycles. The van der Waals surface area contributed by atoms with Crippen LogP contribution in [0.1, 0.15) is 91.9 Å². The number of carbonyl (C=O) groups excluding carboxylic acids is 2. The minimum Gasteiger partial charge on any atom is -0.469 e. The maximum atomic E-state index is 12.2. The molecule has 4 saturated carbocycles. The number of esters is 2. The summed E-state index contributed by atoms with van der Waals surface area (Å²) in [5.41, 5.74) is 0.304. The van der Waals surface area contributed by atoms with Gasteiger partial charge in [-0.25, -0.2) is 8.42 Å². The lowest BCUT2D eigenvalue weighted by molar-refractivity contribution is -0.203. The summed E-state index contributed by atoms with van der Waals surface area (Å²) in [5, 5.41) is 22.4. The first-order valence-electron chi connectivity index (χ1n) is 15.6. The molecule has 0 aromatic heterocycles. The van der Waals surface area contributed by atoms with Gasteiger partial charge < -0.3 is 19.7 Å². The van der Waals surface area contributed by atoms with Crippen molar-refractivity contribution in [1.29, 1.82) is 0 Å². The van der Waals surface area contributed by atoms with Gasteiger partial charge in [0.1, 0.15) is 5.75 Å². The zero-order valence-electron chi connectivity index (χ0n) is 25.1. The maximum absolute atomic E-state index is 12.2. The summed E-state index contributed by atoms with van der Waals surface area (Å²) in [4.78, 5) is 23.5. The second kappa shape index (κ2) is 12.2. The minimum atomic E-state index is -3.73. The molecule has 0 heterocycles. The molecule has 4 aliphatic rings. The molecule has 0 amide bonds. The van der Waals surface area contributed by atoms with Crippen molar-refractivity contribution in [2.24, 2.45) is 52.3 Å². The van der Waals surface area contributed by atoms with E-state index in [9.17, 15) is 28.2 Å². The summed E-state index contributed by atoms with van der Waals surface area (Å²) in [6.07, 6.45) is 8.00. The Morgan fingerprint density at radius 1 is 0.975 bits per heavy atom. The van der Waals surface area contributed by atoms with Crippen LogP contribution >= 0.6 is 0 Å². The van der Waals surface area contributed by atoms with Crippen molar-refractivity contribution in [3.63, 3.8) is 0 Å². The van der Waals surface area contributed by atoms with Gasteiger partial charge in [-0.3, -0.25) is 9.59 Å². The van der Waals surface area contributed by atoms with Crippen LogP contribution in [0.3, 0.4) is 0 Å². The average Bonchev–Trinajstić information content (AvgIpc) is 3.25. The molecule has 9 heteroatoms. The fraction of sp³-hybridized carbons (Fsp3) is 0.935. The zero-order chi connectivity index (χ0) is 29.5. The molecule has 4 rings (SSSR count). The number of ether oxygens (including phenoxy) is 2. The minimum absolute atomic E-state index is 0.123. The van der Waals surface area contributed by atoms with E-state index < -0.39 is 33.3 Å². The summed E-state index contributed by atoms with van der Waals surface area (Å²) >= 11 is 0. The SMILES string of the molecule is CC[C@H]1[C@@H](O)[C@@H]2[C@H](CC[C@]3(C)[C@@H]([C@H](C)CCOC(=O)CS(=O)(=O)CCC(=O)OC)CC[C@@H]23)[C@@]2(C)CC[C@@H](O)C[C@@H]12. The van der Waals surface area contributed by atoms with E-state index in [4.69, 9.17) is 4.74 Å². The molecule has 0 unspecified atom stereocenters. The van der Waals surface area contributed by atoms with E-state index >= 15 is 0 Å². The fourth-order valence-corrected chi connectivity index (χ4v) is 11.2. The van der Waals surface area contributed by atoms with E-state index in [-0.39, 0.29) is 42.0 Å². The Hall–Kier alpha value is -1.19. The average molecular weight is 585 g/mol. The number of aliphatic hydroxyl groups excluding tert-OH is 2. The van der Waals surface area contributed by atoms with Crippen LogP contribution in [0.4, 0.5) is 0 Å². The largest absolute Gasteiger partial charge is 0.469 e. The lowest BCUT2D eigenvalue weighted by Crippen LogP contribution is -2.62. The Morgan fingerprint density at radius 3 is 2.33 bits per heavy atom. The molecular formula is C31H52O8S. The standard InChI is InChI=1S/C31H52O8S/c1-6-21-25-17-20(32)9-13-31(25,4)24-10-14-30(3)22(7-8-23(30)28(24)29(21)35)19(2)11-15-39-27(34)18-40(36,37)16-12-26(33)38-5/h19-25,28-29,32,35H,6-18H2,1-5H3/t19-,20-,21-,22-,23+,24+,25+,28+,29-,30-,31-/m1/s1. The van der Waals surface area contributed by atoms with Gasteiger partial charge in [0, 0.05) is 0 Å². The highest BCUT2D eigenvalue weighted by Crippen LogP contribution is 2.69. The van der Waals surface area contributed by atoms with Gasteiger partial charge in [0.25, 0.3) is 0 Å². The van der Waals surface area contributed by atoms with Gasteiger partial charge in [-0.2, -0.15) is 0 Å². The van der Waals surface area contributed by atoms with Crippen molar-refractivity contribution < 1.29 is 37.7 Å². The van der Waals surface area contributed by atoms with Crippen molar-refractivity contribution in [2.45, 2.75) is 104 Å². The van der Waals surface area contributed by atoms with Crippen molar-refractivity contribution in [3.8, 4) is 0 Å². The second-order valence-corrected chi connectivity index (χ2v) is 16.2. The number of hydrogen-bond donors (Lipinski definition) is 2. The summed E-state index contributed by atoms with van der Waals surface area (Å²) in [6, 6.07) is 0. The lowest BCUT2D eigenvalue weighted by Gasteiger charge is -2.64. The smallest absolute Gasteiger partial charge is 0.321 e. The van der Waals surface area contributed by atoms with Gasteiger partial charge in [0.05, 0.1) is 38.1 Å². The molecule has 0 aromatic rings. The Kier molecular flexibility index (Phi) is 9.68. The summed E-state index contributed by atoms with van der Waals surface area (Å²) < 4.78 is 34.1. The van der Waals surface area contributed by atoms with Crippen LogP contribution in [-0.4, -0.2) is 68.0 Å². The third-order valence-electron chi connectivity index (χ3n) is 12.2. The number of carbonyl (C=O) groups is 2. The molecule has 11 atom stereocenters. The van der Waals surface area contributed by atoms with Crippen molar-refractivity contribution in [2.75, 3.05) is 25.2 Å². The molecule has 230 valence electrons. The third kappa shape index (κ3) is 5.98. The van der Waals surface area contributed by atoms with Crippen molar-refractivity contribution in [1.82, 2.24) is 0 Å². The first-order valence-corrected chi connectivity index (χ1v) is 17.4. The van der Waals surface area contributed by atoms with E-state index in [1.165, 1.54) is 7.11 Å². The highest BCUT2D eigenvalue weighted by molar-refractivity contribution is 7.92. The van der Waals surface area contributed by atoms with Crippen LogP contribution in [0, 0.1) is 52.3 Å². The predicted molar refractivity (Wildman–Crippen MR) is 152 cm³/mol. The monoisotopic (exact) mass is 584 g/mol. The van der Waals surface area contributed by atoms with E-state index in [1.807, 2.05) is 0 Å². The number of hydrogen-bond acceptors (Lipinski definition) is 8. The molecular weight excluding hydrogens is 532 g/mol. The van der Waals surface area contributed by atoms with E-state index in [0.29, 0.717) is 41.9 Å². The number of fused-ring (bicyclic) bond motifs is 5. The zero-order valence-corrected chi connectivity index (χ0v) is 26.0. The Balaban J connectivity index is 1.37. The number of sulfone groups is 1. The van der Waals surface area contributed by atoms with E-state index in [0.717, 1.165) is 51.4 Å². The molecule has 0 radical (unpaired) electrons. The highest BCUT2D eigenvalue weighted by atomic mass is 32.2. The summed E-state index contributed by atoms with van der Waals surface area (Å²) in [5.74, 6) is 0.110. The van der Waals surface area contributed by atoms with Crippen LogP contribution in [-0.2, 0) is 28.9 Å². The Morgan fingerprint density at radius 2 is 1.65 bits per heavy atom. The Bertz CT molecular complexity index is 1030. The fourth-order valence-electron chi connectivity index (χ4n) is 10.1. The predicted octanol–water partition coefficient (Wildman–Crippen LogP) is 4.16. The van der Waals surface area contributed by atoms with Crippen LogP contribution in [0.15, 0.2) is 0 Å². The quantitative estimate of drug-likeness (QED) is 0.367. The topological polar surface area (TPSA) is 127 Å². The summed E-state index contributed by atoms with van der Waals surface area (Å²) in [7, 11) is -2.54. The molecule has 0 aliphatic heterocycles. The van der Waals surface area contributed by atoms with Gasteiger partial charge in [0.2, 0.25) is 0 Å². The highest BCUT2D eigenvalue weighted by Gasteiger charge is 2.64. The van der Waals surface area contributed by atoms with E-state index in [1.54, 1.807) is 0 Å². The number of methoxy groups -OCH3 is 1. The van der Waals surface area contributed by atoms with Gasteiger partial charge in [-0.15, -0.1) is 0 Å². The van der Waals surface area contributed by atoms with Crippen molar-refractivity contribution in [3.05, 3.63) is 0 Å². The van der Waals surface area contributed by atoms with Crippen molar-refractivity contribution >= 4 is 21.8 Å². The first-order chi connectivity index (χ1) is 18.8. The van der Waals surface area contributed by atoms with Crippen LogP contribution in [0.5, 0.6) is 0 Å². The number of rotatable bonds is 10. The lowest BCUT2D eigenvalue weighted by atomic mass is 9.41. The van der Waals surface area contributed by atoms with Crippen LogP contribution < -0.4 is 0 Å². The van der Waals surface area contributed by atoms with Gasteiger partial charge >= 0.3 is 11.9 Å². The molecule has 0 bridgehead atoms. The Labute approximate surface area is 240 Å². The third-order valence-corrected chi connectivity index (χ3v) is 13.7.